The monoisotopic (exact) mass is 420 g/mol. The molecule has 0 aromatic heterocycles. The van der Waals surface area contributed by atoms with E-state index in [1.165, 1.54) is 62.8 Å². The summed E-state index contributed by atoms with van der Waals surface area (Å²) in [7, 11) is 2.29. The maximum atomic E-state index is 11.8. The molecule has 0 saturated carbocycles. The topological polar surface area (TPSA) is 40.6 Å². The largest absolute Gasteiger partial charge is 0.301 e. The molecule has 174 valence electrons. The summed E-state index contributed by atoms with van der Waals surface area (Å²) in [5.41, 5.74) is 0.512. The van der Waals surface area contributed by atoms with E-state index in [0.717, 1.165) is 24.7 Å². The van der Waals surface area contributed by atoms with Crippen LogP contribution in [-0.4, -0.2) is 47.3 Å². The fourth-order valence-corrected chi connectivity index (χ4v) is 5.85. The van der Waals surface area contributed by atoms with Crippen LogP contribution in [0, 0.1) is 17.3 Å². The normalized spacial score (nSPS) is 25.1. The number of amides is 2. The minimum absolute atomic E-state index is 0.0316. The standard InChI is InChI=1S/C26H48N2O2/c1-7-8-9-11-14-21(22-18-20-27(6)26(4,5)25(22,2)3)15-12-10-13-19-28-23(29)16-17-24(28)30/h21-22H,7-20H2,1-6H3. The van der Waals surface area contributed by atoms with E-state index in [1.807, 2.05) is 0 Å². The average Bonchev–Trinajstić information content (AvgIpc) is 3.00. The fourth-order valence-electron chi connectivity index (χ4n) is 5.85. The molecule has 0 spiro atoms. The lowest BCUT2D eigenvalue weighted by molar-refractivity contribution is -0.138. The summed E-state index contributed by atoms with van der Waals surface area (Å²) in [6.07, 6.45) is 13.5. The van der Waals surface area contributed by atoms with Crippen LogP contribution >= 0.6 is 0 Å². The zero-order valence-electron chi connectivity index (χ0n) is 20.8. The van der Waals surface area contributed by atoms with Gasteiger partial charge in [0.1, 0.15) is 0 Å². The number of piperidine rings is 1. The number of hydrogen-bond donors (Lipinski definition) is 0. The number of hydrogen-bond acceptors (Lipinski definition) is 3. The van der Waals surface area contributed by atoms with E-state index in [9.17, 15) is 9.59 Å². The third-order valence-electron chi connectivity index (χ3n) is 8.84. The van der Waals surface area contributed by atoms with E-state index in [2.05, 4.69) is 46.6 Å². The van der Waals surface area contributed by atoms with Crippen molar-refractivity contribution >= 4 is 11.8 Å². The van der Waals surface area contributed by atoms with Crippen molar-refractivity contribution in [1.29, 1.82) is 0 Å². The van der Waals surface area contributed by atoms with E-state index in [0.29, 0.717) is 24.8 Å². The van der Waals surface area contributed by atoms with Crippen molar-refractivity contribution in [2.24, 2.45) is 17.3 Å². The first-order valence-corrected chi connectivity index (χ1v) is 12.7. The van der Waals surface area contributed by atoms with Crippen LogP contribution in [0.3, 0.4) is 0 Å². The van der Waals surface area contributed by atoms with E-state index in [1.54, 1.807) is 0 Å². The van der Waals surface area contributed by atoms with Crippen LogP contribution in [0.15, 0.2) is 0 Å². The smallest absolute Gasteiger partial charge is 0.229 e. The minimum atomic E-state index is 0.0316. The number of carbonyl (C=O) groups excluding carboxylic acids is 2. The second-order valence-electron chi connectivity index (χ2n) is 11.0. The van der Waals surface area contributed by atoms with Gasteiger partial charge in [0.25, 0.3) is 0 Å². The Morgan fingerprint density at radius 2 is 1.47 bits per heavy atom. The van der Waals surface area contributed by atoms with Crippen molar-refractivity contribution < 1.29 is 9.59 Å². The summed E-state index contributed by atoms with van der Waals surface area (Å²) in [4.78, 5) is 27.6. The summed E-state index contributed by atoms with van der Waals surface area (Å²) >= 11 is 0. The molecule has 2 rings (SSSR count). The van der Waals surface area contributed by atoms with Crippen molar-refractivity contribution in [3.63, 3.8) is 0 Å². The molecule has 0 bridgehead atoms. The third-order valence-corrected chi connectivity index (χ3v) is 8.84. The first-order valence-electron chi connectivity index (χ1n) is 12.7. The molecule has 0 N–H and O–H groups in total. The number of imide groups is 1. The molecular weight excluding hydrogens is 372 g/mol. The fraction of sp³-hybridized carbons (Fsp3) is 0.923. The summed E-state index contributed by atoms with van der Waals surface area (Å²) in [5.74, 6) is 1.63. The van der Waals surface area contributed by atoms with E-state index < -0.39 is 0 Å². The molecule has 2 saturated heterocycles. The van der Waals surface area contributed by atoms with Crippen LogP contribution in [0.2, 0.25) is 0 Å². The van der Waals surface area contributed by atoms with E-state index in [-0.39, 0.29) is 17.4 Å². The van der Waals surface area contributed by atoms with Gasteiger partial charge in [0.2, 0.25) is 11.8 Å². The van der Waals surface area contributed by atoms with Gasteiger partial charge in [-0.2, -0.15) is 0 Å². The summed E-state index contributed by atoms with van der Waals surface area (Å²) in [6, 6.07) is 0. The highest BCUT2D eigenvalue weighted by Crippen LogP contribution is 2.51. The Morgan fingerprint density at radius 1 is 0.900 bits per heavy atom. The van der Waals surface area contributed by atoms with Crippen molar-refractivity contribution in [2.75, 3.05) is 20.1 Å². The second kappa shape index (κ2) is 11.1. The average molecular weight is 421 g/mol. The van der Waals surface area contributed by atoms with Crippen LogP contribution in [0.5, 0.6) is 0 Å². The van der Waals surface area contributed by atoms with Crippen molar-refractivity contribution in [1.82, 2.24) is 9.80 Å². The van der Waals surface area contributed by atoms with Crippen molar-refractivity contribution in [3.05, 3.63) is 0 Å². The molecule has 4 nitrogen and oxygen atoms in total. The molecule has 2 unspecified atom stereocenters. The molecule has 2 aliphatic heterocycles. The SMILES string of the molecule is CCCCCCC(CCCCCN1C(=O)CCC1=O)C1CCN(C)C(C)(C)C1(C)C. The zero-order valence-corrected chi connectivity index (χ0v) is 20.8. The minimum Gasteiger partial charge on any atom is -0.301 e. The Labute approximate surface area is 186 Å². The highest BCUT2D eigenvalue weighted by Gasteiger charge is 2.50. The quantitative estimate of drug-likeness (QED) is 0.285. The predicted octanol–water partition coefficient (Wildman–Crippen LogP) is 6.04. The molecule has 2 fully saturated rings. The van der Waals surface area contributed by atoms with Gasteiger partial charge in [-0.05, 0) is 57.5 Å². The van der Waals surface area contributed by atoms with Gasteiger partial charge in [0.05, 0.1) is 0 Å². The summed E-state index contributed by atoms with van der Waals surface area (Å²) < 4.78 is 0. The highest BCUT2D eigenvalue weighted by atomic mass is 16.2. The van der Waals surface area contributed by atoms with Crippen LogP contribution < -0.4 is 0 Å². The maximum absolute atomic E-state index is 11.8. The highest BCUT2D eigenvalue weighted by molar-refractivity contribution is 6.01. The molecule has 2 atom stereocenters. The van der Waals surface area contributed by atoms with Crippen LogP contribution in [0.1, 0.15) is 112 Å². The number of carbonyl (C=O) groups is 2. The first-order chi connectivity index (χ1) is 14.1. The summed E-state index contributed by atoms with van der Waals surface area (Å²) in [6.45, 7) is 14.0. The van der Waals surface area contributed by atoms with E-state index in [4.69, 9.17) is 0 Å². The molecule has 2 aliphatic rings. The van der Waals surface area contributed by atoms with Crippen molar-refractivity contribution in [2.45, 2.75) is 117 Å². The second-order valence-corrected chi connectivity index (χ2v) is 11.0. The van der Waals surface area contributed by atoms with Gasteiger partial charge in [0.15, 0.2) is 0 Å². The molecule has 0 aromatic rings. The van der Waals surface area contributed by atoms with Gasteiger partial charge >= 0.3 is 0 Å². The molecule has 2 heterocycles. The lowest BCUT2D eigenvalue weighted by Crippen LogP contribution is -2.60. The zero-order chi connectivity index (χ0) is 22.4. The molecule has 4 heteroatoms. The Bertz CT molecular complexity index is 553. The molecule has 2 amide bonds. The van der Waals surface area contributed by atoms with Gasteiger partial charge in [-0.15, -0.1) is 0 Å². The molecule has 0 radical (unpaired) electrons. The Kier molecular flexibility index (Phi) is 9.39. The number of unbranched alkanes of at least 4 members (excludes halogenated alkanes) is 5. The Morgan fingerprint density at radius 3 is 2.03 bits per heavy atom. The van der Waals surface area contributed by atoms with Crippen LogP contribution in [0.4, 0.5) is 0 Å². The van der Waals surface area contributed by atoms with Gasteiger partial charge in [-0.25, -0.2) is 0 Å². The van der Waals surface area contributed by atoms with E-state index >= 15 is 0 Å². The van der Waals surface area contributed by atoms with Gasteiger partial charge in [-0.3, -0.25) is 14.5 Å². The van der Waals surface area contributed by atoms with Crippen molar-refractivity contribution in [3.8, 4) is 0 Å². The lowest BCUT2D eigenvalue weighted by Gasteiger charge is -2.58. The Balaban J connectivity index is 1.90. The number of rotatable bonds is 12. The first kappa shape index (κ1) is 25.4. The van der Waals surface area contributed by atoms with Gasteiger partial charge in [-0.1, -0.05) is 72.1 Å². The summed E-state index contributed by atoms with van der Waals surface area (Å²) in [5, 5.41) is 0. The maximum Gasteiger partial charge on any atom is 0.229 e. The van der Waals surface area contributed by atoms with Gasteiger partial charge < -0.3 is 4.90 Å². The number of likely N-dealkylation sites (tertiary alicyclic amines) is 2. The molecule has 0 aliphatic carbocycles. The van der Waals surface area contributed by atoms with Gasteiger partial charge in [0, 0.05) is 24.9 Å². The lowest BCUT2D eigenvalue weighted by atomic mass is 9.57. The Hall–Kier alpha value is -0.900. The molecule has 0 aromatic carbocycles. The van der Waals surface area contributed by atoms with Crippen LogP contribution in [0.25, 0.3) is 0 Å². The van der Waals surface area contributed by atoms with Crippen LogP contribution in [-0.2, 0) is 9.59 Å². The third kappa shape index (κ3) is 5.87. The molecule has 30 heavy (non-hydrogen) atoms. The number of nitrogens with zero attached hydrogens (tertiary/aromatic N) is 2. The predicted molar refractivity (Wildman–Crippen MR) is 125 cm³/mol. The molecular formula is C26H48N2O2.